The molecule has 2 heterocycles. The van der Waals surface area contributed by atoms with E-state index in [2.05, 4.69) is 21.4 Å². The van der Waals surface area contributed by atoms with Gasteiger partial charge in [0.05, 0.1) is 21.2 Å². The first-order chi connectivity index (χ1) is 13.2. The number of amides is 1. The van der Waals surface area contributed by atoms with E-state index in [1.54, 1.807) is 11.3 Å². The van der Waals surface area contributed by atoms with Crippen LogP contribution in [0.25, 0.3) is 21.5 Å². The van der Waals surface area contributed by atoms with Gasteiger partial charge in [0.25, 0.3) is 0 Å². The number of rotatable bonds is 6. The molecule has 1 amide bonds. The van der Waals surface area contributed by atoms with Gasteiger partial charge in [0.2, 0.25) is 5.91 Å². The van der Waals surface area contributed by atoms with Crippen molar-refractivity contribution in [1.82, 2.24) is 9.97 Å². The molecule has 0 saturated heterocycles. The van der Waals surface area contributed by atoms with Gasteiger partial charge in [-0.3, -0.25) is 4.79 Å². The highest BCUT2D eigenvalue weighted by Gasteiger charge is 2.21. The van der Waals surface area contributed by atoms with Crippen LogP contribution in [0, 0.1) is 0 Å². The molecule has 136 valence electrons. The summed E-state index contributed by atoms with van der Waals surface area (Å²) in [5, 5.41) is 5.35. The first-order valence-corrected chi connectivity index (χ1v) is 11.1. The van der Waals surface area contributed by atoms with Gasteiger partial charge in [-0.25, -0.2) is 9.97 Å². The van der Waals surface area contributed by atoms with E-state index in [1.165, 1.54) is 23.1 Å². The standard InChI is InChI=1S/C20H17N3OS3/c1-2-16(26-20-22-14-10-6-7-11-17(14)27-20)18(24)23-19-21-15(12-25-19)13-8-4-3-5-9-13/h3-12,16H,2H2,1H3,(H,21,23,24). The van der Waals surface area contributed by atoms with E-state index < -0.39 is 0 Å². The van der Waals surface area contributed by atoms with Gasteiger partial charge >= 0.3 is 0 Å². The summed E-state index contributed by atoms with van der Waals surface area (Å²) in [4.78, 5) is 21.9. The van der Waals surface area contributed by atoms with Crippen molar-refractivity contribution in [3.8, 4) is 11.3 Å². The zero-order valence-electron chi connectivity index (χ0n) is 14.6. The molecule has 1 unspecified atom stereocenters. The number of thiazole rings is 2. The van der Waals surface area contributed by atoms with Crippen LogP contribution >= 0.6 is 34.4 Å². The Bertz CT molecular complexity index is 1030. The zero-order valence-corrected chi connectivity index (χ0v) is 17.0. The lowest BCUT2D eigenvalue weighted by molar-refractivity contribution is -0.115. The molecule has 4 aromatic rings. The van der Waals surface area contributed by atoms with Crippen molar-refractivity contribution in [1.29, 1.82) is 0 Å². The minimum Gasteiger partial charge on any atom is -0.301 e. The molecule has 1 N–H and O–H groups in total. The van der Waals surface area contributed by atoms with Gasteiger partial charge in [0.15, 0.2) is 9.47 Å². The second-order valence-corrected chi connectivity index (χ2v) is 9.19. The fourth-order valence-corrected chi connectivity index (χ4v) is 5.56. The van der Waals surface area contributed by atoms with E-state index >= 15 is 0 Å². The monoisotopic (exact) mass is 411 g/mol. The topological polar surface area (TPSA) is 54.9 Å². The number of nitrogens with zero attached hydrogens (tertiary/aromatic N) is 2. The number of aromatic nitrogens is 2. The minimum atomic E-state index is -0.199. The van der Waals surface area contributed by atoms with E-state index in [4.69, 9.17) is 0 Å². The molecule has 0 saturated carbocycles. The van der Waals surface area contributed by atoms with Crippen LogP contribution in [0.2, 0.25) is 0 Å². The number of benzene rings is 2. The predicted molar refractivity (Wildman–Crippen MR) is 116 cm³/mol. The lowest BCUT2D eigenvalue weighted by Crippen LogP contribution is -2.24. The number of fused-ring (bicyclic) bond motifs is 1. The SMILES string of the molecule is CCC(Sc1nc2ccccc2s1)C(=O)Nc1nc(-c2ccccc2)cs1. The number of hydrogen-bond acceptors (Lipinski definition) is 6. The smallest absolute Gasteiger partial charge is 0.239 e. The van der Waals surface area contributed by atoms with Crippen molar-refractivity contribution < 1.29 is 4.79 Å². The second-order valence-electron chi connectivity index (χ2n) is 5.86. The van der Waals surface area contributed by atoms with Crippen LogP contribution < -0.4 is 5.32 Å². The summed E-state index contributed by atoms with van der Waals surface area (Å²) < 4.78 is 2.06. The first kappa shape index (κ1) is 18.2. The predicted octanol–water partition coefficient (Wildman–Crippen LogP) is 5.93. The molecule has 27 heavy (non-hydrogen) atoms. The first-order valence-electron chi connectivity index (χ1n) is 8.57. The van der Waals surface area contributed by atoms with Crippen molar-refractivity contribution in [2.24, 2.45) is 0 Å². The highest BCUT2D eigenvalue weighted by Crippen LogP contribution is 2.34. The molecule has 1 atom stereocenters. The van der Waals surface area contributed by atoms with Crippen molar-refractivity contribution in [2.45, 2.75) is 22.9 Å². The van der Waals surface area contributed by atoms with E-state index in [0.29, 0.717) is 5.13 Å². The molecule has 4 rings (SSSR count). The molecule has 0 radical (unpaired) electrons. The number of hydrogen-bond donors (Lipinski definition) is 1. The lowest BCUT2D eigenvalue weighted by Gasteiger charge is -2.11. The second kappa shape index (κ2) is 8.21. The van der Waals surface area contributed by atoms with Crippen molar-refractivity contribution in [2.75, 3.05) is 5.32 Å². The summed E-state index contributed by atoms with van der Waals surface area (Å²) in [7, 11) is 0. The van der Waals surface area contributed by atoms with E-state index in [1.807, 2.05) is 60.8 Å². The molecule has 0 aliphatic rings. The molecule has 0 aliphatic carbocycles. The molecule has 0 spiro atoms. The largest absolute Gasteiger partial charge is 0.301 e. The highest BCUT2D eigenvalue weighted by atomic mass is 32.2. The third kappa shape index (κ3) is 4.21. The Labute approximate surface area is 169 Å². The normalized spacial score (nSPS) is 12.2. The van der Waals surface area contributed by atoms with Crippen LogP contribution in [0.4, 0.5) is 5.13 Å². The van der Waals surface area contributed by atoms with Gasteiger partial charge < -0.3 is 5.32 Å². The number of nitrogens with one attached hydrogen (secondary N) is 1. The Hall–Kier alpha value is -2.22. The van der Waals surface area contributed by atoms with Crippen molar-refractivity contribution in [3.63, 3.8) is 0 Å². The van der Waals surface area contributed by atoms with Gasteiger partial charge in [-0.2, -0.15) is 0 Å². The number of para-hydroxylation sites is 1. The van der Waals surface area contributed by atoms with Crippen molar-refractivity contribution in [3.05, 3.63) is 60.0 Å². The van der Waals surface area contributed by atoms with Gasteiger partial charge in [0.1, 0.15) is 0 Å². The summed E-state index contributed by atoms with van der Waals surface area (Å²) in [6.07, 6.45) is 0.726. The molecule has 0 aliphatic heterocycles. The summed E-state index contributed by atoms with van der Waals surface area (Å²) in [5.74, 6) is -0.0317. The maximum atomic E-state index is 12.7. The fraction of sp³-hybridized carbons (Fsp3) is 0.150. The molecule has 0 bridgehead atoms. The average Bonchev–Trinajstić information content (AvgIpc) is 3.33. The number of carbonyl (C=O) groups excluding carboxylic acids is 1. The Kier molecular flexibility index (Phi) is 5.52. The highest BCUT2D eigenvalue weighted by molar-refractivity contribution is 8.02. The molecule has 4 nitrogen and oxygen atoms in total. The number of carbonyl (C=O) groups is 1. The summed E-state index contributed by atoms with van der Waals surface area (Å²) in [5.41, 5.74) is 2.90. The molecule has 7 heteroatoms. The Balaban J connectivity index is 1.45. The van der Waals surface area contributed by atoms with Crippen molar-refractivity contribution >= 4 is 55.7 Å². The van der Waals surface area contributed by atoms with Crippen LogP contribution in [-0.4, -0.2) is 21.1 Å². The average molecular weight is 412 g/mol. The zero-order chi connectivity index (χ0) is 18.6. The van der Waals surface area contributed by atoms with Gasteiger partial charge in [-0.05, 0) is 18.6 Å². The van der Waals surface area contributed by atoms with Crippen LogP contribution in [0.3, 0.4) is 0 Å². The van der Waals surface area contributed by atoms with Gasteiger partial charge in [-0.1, -0.05) is 61.2 Å². The van der Waals surface area contributed by atoms with E-state index in [9.17, 15) is 4.79 Å². The lowest BCUT2D eigenvalue weighted by atomic mass is 10.2. The number of thioether (sulfide) groups is 1. The maximum Gasteiger partial charge on any atom is 0.239 e. The molecular weight excluding hydrogens is 394 g/mol. The van der Waals surface area contributed by atoms with Crippen LogP contribution in [-0.2, 0) is 4.79 Å². The Morgan fingerprint density at radius 1 is 1.11 bits per heavy atom. The molecule has 2 aromatic carbocycles. The summed E-state index contributed by atoms with van der Waals surface area (Å²) >= 11 is 4.59. The van der Waals surface area contributed by atoms with E-state index in [0.717, 1.165) is 32.2 Å². The summed E-state index contributed by atoms with van der Waals surface area (Å²) in [6, 6.07) is 18.0. The summed E-state index contributed by atoms with van der Waals surface area (Å²) in [6.45, 7) is 2.02. The number of anilines is 1. The molecule has 0 fully saturated rings. The minimum absolute atomic E-state index is 0.0317. The van der Waals surface area contributed by atoms with Gasteiger partial charge in [-0.15, -0.1) is 22.7 Å². The van der Waals surface area contributed by atoms with Gasteiger partial charge in [0, 0.05) is 10.9 Å². The Morgan fingerprint density at radius 2 is 1.89 bits per heavy atom. The van der Waals surface area contributed by atoms with E-state index in [-0.39, 0.29) is 11.2 Å². The van der Waals surface area contributed by atoms with Crippen LogP contribution in [0.15, 0.2) is 64.3 Å². The maximum absolute atomic E-state index is 12.7. The third-order valence-corrected chi connectivity index (χ3v) is 7.24. The van der Waals surface area contributed by atoms with Crippen LogP contribution in [0.5, 0.6) is 0 Å². The quantitative estimate of drug-likeness (QED) is 0.400. The fourth-order valence-electron chi connectivity index (χ4n) is 2.60. The molecular formula is C20H17N3OS3. The Morgan fingerprint density at radius 3 is 2.67 bits per heavy atom. The van der Waals surface area contributed by atoms with Crippen LogP contribution in [0.1, 0.15) is 13.3 Å². The molecule has 2 aromatic heterocycles. The third-order valence-electron chi connectivity index (χ3n) is 3.98.